The number of hydrogen-bond donors (Lipinski definition) is 0. The second-order valence-corrected chi connectivity index (χ2v) is 6.28. The Morgan fingerprint density at radius 3 is 2.56 bits per heavy atom. The van der Waals surface area contributed by atoms with E-state index >= 15 is 0 Å². The SMILES string of the molecule is CCCC1CCCC(C#N)(N2CCCCC2)CC1. The van der Waals surface area contributed by atoms with E-state index in [2.05, 4.69) is 17.9 Å². The van der Waals surface area contributed by atoms with E-state index < -0.39 is 0 Å². The molecule has 0 spiro atoms. The van der Waals surface area contributed by atoms with E-state index in [0.717, 1.165) is 31.8 Å². The largest absolute Gasteiger partial charge is 0.286 e. The Kier molecular flexibility index (Phi) is 5.06. The molecule has 18 heavy (non-hydrogen) atoms. The van der Waals surface area contributed by atoms with Gasteiger partial charge in [-0.25, -0.2) is 0 Å². The third-order valence-electron chi connectivity index (χ3n) is 5.04. The molecule has 2 fully saturated rings. The highest BCUT2D eigenvalue weighted by Gasteiger charge is 2.38. The van der Waals surface area contributed by atoms with Crippen molar-refractivity contribution in [3.05, 3.63) is 0 Å². The molecule has 1 saturated heterocycles. The van der Waals surface area contributed by atoms with E-state index in [4.69, 9.17) is 0 Å². The van der Waals surface area contributed by atoms with Gasteiger partial charge in [0.1, 0.15) is 5.54 Å². The Balaban J connectivity index is 2.01. The molecule has 1 saturated carbocycles. The highest BCUT2D eigenvalue weighted by atomic mass is 15.2. The first-order valence-electron chi connectivity index (χ1n) is 7.97. The summed E-state index contributed by atoms with van der Waals surface area (Å²) in [5.74, 6) is 0.884. The van der Waals surface area contributed by atoms with Crippen molar-refractivity contribution in [2.24, 2.45) is 5.92 Å². The van der Waals surface area contributed by atoms with Crippen molar-refractivity contribution >= 4 is 0 Å². The molecule has 2 nitrogen and oxygen atoms in total. The lowest BCUT2D eigenvalue weighted by Gasteiger charge is -2.40. The van der Waals surface area contributed by atoms with E-state index in [-0.39, 0.29) is 5.54 Å². The molecule has 2 unspecified atom stereocenters. The molecule has 0 bridgehead atoms. The molecule has 1 aliphatic heterocycles. The Labute approximate surface area is 112 Å². The van der Waals surface area contributed by atoms with E-state index in [1.54, 1.807) is 0 Å². The molecule has 1 heterocycles. The van der Waals surface area contributed by atoms with Gasteiger partial charge in [-0.05, 0) is 51.1 Å². The van der Waals surface area contributed by atoms with Crippen LogP contribution in [0.1, 0.15) is 71.1 Å². The molecule has 0 N–H and O–H groups in total. The van der Waals surface area contributed by atoms with Crippen LogP contribution in [0.5, 0.6) is 0 Å². The van der Waals surface area contributed by atoms with Gasteiger partial charge >= 0.3 is 0 Å². The van der Waals surface area contributed by atoms with Crippen LogP contribution in [0.15, 0.2) is 0 Å². The average Bonchev–Trinajstić information content (AvgIpc) is 2.64. The summed E-state index contributed by atoms with van der Waals surface area (Å²) in [6.07, 6.45) is 12.7. The van der Waals surface area contributed by atoms with Crippen molar-refractivity contribution < 1.29 is 0 Å². The highest BCUT2D eigenvalue weighted by Crippen LogP contribution is 2.37. The molecule has 2 heteroatoms. The summed E-state index contributed by atoms with van der Waals surface area (Å²) in [5, 5.41) is 9.74. The van der Waals surface area contributed by atoms with Crippen LogP contribution in [-0.4, -0.2) is 23.5 Å². The lowest BCUT2D eigenvalue weighted by molar-refractivity contribution is 0.0954. The third-order valence-corrected chi connectivity index (χ3v) is 5.04. The van der Waals surface area contributed by atoms with Crippen LogP contribution >= 0.6 is 0 Å². The number of hydrogen-bond acceptors (Lipinski definition) is 2. The fourth-order valence-electron chi connectivity index (χ4n) is 3.91. The molecule has 0 amide bonds. The van der Waals surface area contributed by atoms with Gasteiger partial charge in [0.25, 0.3) is 0 Å². The quantitative estimate of drug-likeness (QED) is 0.703. The predicted molar refractivity (Wildman–Crippen MR) is 75.3 cm³/mol. The van der Waals surface area contributed by atoms with Gasteiger partial charge in [0.05, 0.1) is 6.07 Å². The minimum atomic E-state index is -0.108. The van der Waals surface area contributed by atoms with Crippen LogP contribution in [0.4, 0.5) is 0 Å². The first kappa shape index (κ1) is 13.9. The van der Waals surface area contributed by atoms with E-state index in [9.17, 15) is 5.26 Å². The van der Waals surface area contributed by atoms with Crippen molar-refractivity contribution in [2.75, 3.05) is 13.1 Å². The maximum absolute atomic E-state index is 9.74. The van der Waals surface area contributed by atoms with Crippen LogP contribution in [0.2, 0.25) is 0 Å². The number of likely N-dealkylation sites (tertiary alicyclic amines) is 1. The van der Waals surface area contributed by atoms with E-state index in [1.807, 2.05) is 0 Å². The molecule has 0 aromatic heterocycles. The van der Waals surface area contributed by atoms with Gasteiger partial charge < -0.3 is 0 Å². The van der Waals surface area contributed by atoms with Gasteiger partial charge in [0, 0.05) is 0 Å². The summed E-state index contributed by atoms with van der Waals surface area (Å²) in [6.45, 7) is 4.60. The van der Waals surface area contributed by atoms with Crippen LogP contribution in [0, 0.1) is 17.2 Å². The summed E-state index contributed by atoms with van der Waals surface area (Å²) < 4.78 is 0. The second kappa shape index (κ2) is 6.57. The molecular formula is C16H28N2. The standard InChI is InChI=1S/C16H28N2/c1-2-7-15-8-6-10-16(14-17,11-9-15)18-12-4-3-5-13-18/h15H,2-13H2,1H3. The Bertz CT molecular complexity index is 288. The average molecular weight is 248 g/mol. The molecule has 2 rings (SSSR count). The minimum Gasteiger partial charge on any atom is -0.286 e. The van der Waals surface area contributed by atoms with E-state index in [1.165, 1.54) is 51.4 Å². The fraction of sp³-hybridized carbons (Fsp3) is 0.938. The summed E-state index contributed by atoms with van der Waals surface area (Å²) >= 11 is 0. The smallest absolute Gasteiger partial charge is 0.109 e. The van der Waals surface area contributed by atoms with E-state index in [0.29, 0.717) is 0 Å². The fourth-order valence-corrected chi connectivity index (χ4v) is 3.91. The van der Waals surface area contributed by atoms with Crippen molar-refractivity contribution in [2.45, 2.75) is 76.7 Å². The molecule has 0 aromatic carbocycles. The minimum absolute atomic E-state index is 0.108. The lowest BCUT2D eigenvalue weighted by atomic mass is 9.87. The maximum atomic E-state index is 9.74. The third kappa shape index (κ3) is 3.06. The van der Waals surface area contributed by atoms with Crippen LogP contribution in [0.3, 0.4) is 0 Å². The van der Waals surface area contributed by atoms with Crippen LogP contribution in [-0.2, 0) is 0 Å². The topological polar surface area (TPSA) is 27.0 Å². The van der Waals surface area contributed by atoms with Crippen molar-refractivity contribution in [3.8, 4) is 6.07 Å². The number of nitriles is 1. The van der Waals surface area contributed by atoms with Gasteiger partial charge in [-0.2, -0.15) is 5.26 Å². The normalized spacial score (nSPS) is 34.8. The molecule has 0 radical (unpaired) electrons. The molecule has 2 atom stereocenters. The molecule has 0 aromatic rings. The zero-order chi connectivity index (χ0) is 12.8. The van der Waals surface area contributed by atoms with Gasteiger partial charge in [-0.15, -0.1) is 0 Å². The van der Waals surface area contributed by atoms with Crippen LogP contribution in [0.25, 0.3) is 0 Å². The van der Waals surface area contributed by atoms with Crippen LogP contribution < -0.4 is 0 Å². The number of nitrogens with zero attached hydrogens (tertiary/aromatic N) is 2. The Morgan fingerprint density at radius 2 is 1.89 bits per heavy atom. The molecule has 102 valence electrons. The maximum Gasteiger partial charge on any atom is 0.109 e. The predicted octanol–water partition coefficient (Wildman–Crippen LogP) is 4.12. The zero-order valence-corrected chi connectivity index (χ0v) is 12.0. The van der Waals surface area contributed by atoms with Crippen molar-refractivity contribution in [1.82, 2.24) is 4.90 Å². The highest BCUT2D eigenvalue weighted by molar-refractivity contribution is 5.09. The lowest BCUT2D eigenvalue weighted by Crippen LogP contribution is -2.49. The second-order valence-electron chi connectivity index (χ2n) is 6.28. The summed E-state index contributed by atoms with van der Waals surface area (Å²) in [6, 6.07) is 2.72. The number of rotatable bonds is 3. The summed E-state index contributed by atoms with van der Waals surface area (Å²) in [4.78, 5) is 2.52. The molecule has 1 aliphatic carbocycles. The molecule has 2 aliphatic rings. The Morgan fingerprint density at radius 1 is 1.11 bits per heavy atom. The van der Waals surface area contributed by atoms with Crippen molar-refractivity contribution in [3.63, 3.8) is 0 Å². The molecular weight excluding hydrogens is 220 g/mol. The number of piperidine rings is 1. The zero-order valence-electron chi connectivity index (χ0n) is 12.0. The first-order valence-corrected chi connectivity index (χ1v) is 7.97. The van der Waals surface area contributed by atoms with Gasteiger partial charge in [-0.3, -0.25) is 4.90 Å². The first-order chi connectivity index (χ1) is 8.80. The van der Waals surface area contributed by atoms with Gasteiger partial charge in [0.15, 0.2) is 0 Å². The van der Waals surface area contributed by atoms with Gasteiger partial charge in [-0.1, -0.05) is 39.0 Å². The monoisotopic (exact) mass is 248 g/mol. The summed E-state index contributed by atoms with van der Waals surface area (Å²) in [5.41, 5.74) is -0.108. The van der Waals surface area contributed by atoms with Gasteiger partial charge in [0.2, 0.25) is 0 Å². The Hall–Kier alpha value is -0.550. The summed E-state index contributed by atoms with van der Waals surface area (Å²) in [7, 11) is 0. The van der Waals surface area contributed by atoms with Crippen molar-refractivity contribution in [1.29, 1.82) is 5.26 Å².